The van der Waals surface area contributed by atoms with E-state index in [0.717, 1.165) is 38.0 Å². The molecule has 2 saturated heterocycles. The van der Waals surface area contributed by atoms with E-state index in [2.05, 4.69) is 5.32 Å². The molecule has 24 heavy (non-hydrogen) atoms. The summed E-state index contributed by atoms with van der Waals surface area (Å²) in [5, 5.41) is 3.46. The molecule has 3 rings (SSSR count). The zero-order valence-corrected chi connectivity index (χ0v) is 15.0. The van der Waals surface area contributed by atoms with Gasteiger partial charge in [0.05, 0.1) is 17.7 Å². The van der Waals surface area contributed by atoms with Crippen molar-refractivity contribution in [3.8, 4) is 0 Å². The molecule has 2 aliphatic rings. The maximum absolute atomic E-state index is 13.8. The first-order valence-electron chi connectivity index (χ1n) is 8.20. The summed E-state index contributed by atoms with van der Waals surface area (Å²) in [4.78, 5) is 14.0. The number of amides is 1. The molecule has 7 heteroatoms. The number of halogens is 3. The van der Waals surface area contributed by atoms with Gasteiger partial charge in [0.1, 0.15) is 5.82 Å². The lowest BCUT2D eigenvalue weighted by atomic mass is 9.94. The molecular formula is C17H23Cl2FN2O2. The average molecular weight is 377 g/mol. The van der Waals surface area contributed by atoms with Gasteiger partial charge in [0.25, 0.3) is 0 Å². The topological polar surface area (TPSA) is 41.6 Å². The highest BCUT2D eigenvalue weighted by Crippen LogP contribution is 2.31. The van der Waals surface area contributed by atoms with E-state index in [0.29, 0.717) is 19.6 Å². The third-order valence-electron chi connectivity index (χ3n) is 4.56. The van der Waals surface area contributed by atoms with E-state index in [9.17, 15) is 9.18 Å². The standard InChI is InChI=1S/C17H22ClFN2O2.ClH/c18-14-5-4-12(9-15(14)19)17-13(10-20-6-8-23-17)11-21-7-2-1-3-16(21)22;/h4-5,9,13,17,20H,1-3,6-8,10-11H2;1H/t13-,17-;/m0./s1. The van der Waals surface area contributed by atoms with Gasteiger partial charge in [-0.1, -0.05) is 17.7 Å². The van der Waals surface area contributed by atoms with Gasteiger partial charge in [-0.25, -0.2) is 4.39 Å². The molecule has 0 spiro atoms. The fourth-order valence-electron chi connectivity index (χ4n) is 3.34. The molecule has 1 amide bonds. The number of carbonyl (C=O) groups excluding carboxylic acids is 1. The van der Waals surface area contributed by atoms with Crippen LogP contribution >= 0.6 is 24.0 Å². The van der Waals surface area contributed by atoms with Crippen molar-refractivity contribution < 1.29 is 13.9 Å². The van der Waals surface area contributed by atoms with Gasteiger partial charge in [0.15, 0.2) is 0 Å². The first-order valence-corrected chi connectivity index (χ1v) is 8.58. The molecule has 0 radical (unpaired) electrons. The number of hydrogen-bond donors (Lipinski definition) is 1. The van der Waals surface area contributed by atoms with E-state index >= 15 is 0 Å². The summed E-state index contributed by atoms with van der Waals surface area (Å²) in [6.45, 7) is 3.52. The lowest BCUT2D eigenvalue weighted by molar-refractivity contribution is -0.134. The van der Waals surface area contributed by atoms with Gasteiger partial charge in [-0.15, -0.1) is 12.4 Å². The van der Waals surface area contributed by atoms with Crippen molar-refractivity contribution in [2.45, 2.75) is 25.4 Å². The minimum atomic E-state index is -0.433. The van der Waals surface area contributed by atoms with Crippen LogP contribution < -0.4 is 5.32 Å². The van der Waals surface area contributed by atoms with Crippen molar-refractivity contribution in [3.05, 3.63) is 34.6 Å². The number of hydrogen-bond acceptors (Lipinski definition) is 3. The van der Waals surface area contributed by atoms with Crippen LogP contribution in [-0.2, 0) is 9.53 Å². The van der Waals surface area contributed by atoms with Gasteiger partial charge < -0.3 is 15.0 Å². The quantitative estimate of drug-likeness (QED) is 0.880. The minimum Gasteiger partial charge on any atom is -0.372 e. The van der Waals surface area contributed by atoms with Crippen molar-refractivity contribution in [3.63, 3.8) is 0 Å². The van der Waals surface area contributed by atoms with Crippen molar-refractivity contribution in [1.29, 1.82) is 0 Å². The van der Waals surface area contributed by atoms with Crippen LogP contribution in [0.5, 0.6) is 0 Å². The van der Waals surface area contributed by atoms with E-state index in [1.54, 1.807) is 6.07 Å². The molecule has 134 valence electrons. The Kier molecular flexibility index (Phi) is 7.29. The van der Waals surface area contributed by atoms with Crippen LogP contribution in [0.1, 0.15) is 30.9 Å². The minimum absolute atomic E-state index is 0. The van der Waals surface area contributed by atoms with Gasteiger partial charge in [-0.2, -0.15) is 0 Å². The molecule has 2 atom stereocenters. The van der Waals surface area contributed by atoms with E-state index in [4.69, 9.17) is 16.3 Å². The molecule has 1 aromatic rings. The highest BCUT2D eigenvalue weighted by Gasteiger charge is 2.30. The molecular weight excluding hydrogens is 354 g/mol. The number of benzene rings is 1. The second-order valence-corrected chi connectivity index (χ2v) is 6.63. The predicted molar refractivity (Wildman–Crippen MR) is 94.1 cm³/mol. The molecule has 1 N–H and O–H groups in total. The van der Waals surface area contributed by atoms with E-state index in [1.165, 1.54) is 6.07 Å². The smallest absolute Gasteiger partial charge is 0.222 e. The number of carbonyl (C=O) groups is 1. The normalized spacial score (nSPS) is 25.1. The van der Waals surface area contributed by atoms with Crippen LogP contribution in [0.2, 0.25) is 5.02 Å². The molecule has 0 aromatic heterocycles. The number of ether oxygens (including phenoxy) is 1. The highest BCUT2D eigenvalue weighted by atomic mass is 35.5. The lowest BCUT2D eigenvalue weighted by Gasteiger charge is -2.33. The summed E-state index contributed by atoms with van der Waals surface area (Å²) in [6, 6.07) is 4.83. The number of nitrogens with zero attached hydrogens (tertiary/aromatic N) is 1. The molecule has 0 aliphatic carbocycles. The van der Waals surface area contributed by atoms with E-state index in [-0.39, 0.29) is 35.4 Å². The Bertz CT molecular complexity index is 574. The Morgan fingerprint density at radius 1 is 1.38 bits per heavy atom. The zero-order valence-electron chi connectivity index (χ0n) is 13.5. The Hall–Kier alpha value is -0.880. The van der Waals surface area contributed by atoms with E-state index in [1.807, 2.05) is 11.0 Å². The van der Waals surface area contributed by atoms with Gasteiger partial charge in [0.2, 0.25) is 5.91 Å². The summed E-state index contributed by atoms with van der Waals surface area (Å²) in [5.41, 5.74) is 0.782. The van der Waals surface area contributed by atoms with Crippen molar-refractivity contribution in [1.82, 2.24) is 10.2 Å². The summed E-state index contributed by atoms with van der Waals surface area (Å²) in [7, 11) is 0. The van der Waals surface area contributed by atoms with Crippen LogP contribution in [0.15, 0.2) is 18.2 Å². The van der Waals surface area contributed by atoms with Crippen LogP contribution in [0.4, 0.5) is 4.39 Å². The third kappa shape index (κ3) is 4.60. The second kappa shape index (κ2) is 8.99. The Labute approximate surface area is 153 Å². The van der Waals surface area contributed by atoms with Gasteiger partial charge in [0, 0.05) is 38.5 Å². The van der Waals surface area contributed by atoms with E-state index < -0.39 is 5.82 Å². The summed E-state index contributed by atoms with van der Waals surface area (Å²) < 4.78 is 19.8. The average Bonchev–Trinajstić information content (AvgIpc) is 2.78. The number of piperidine rings is 1. The molecule has 1 aromatic carbocycles. The second-order valence-electron chi connectivity index (χ2n) is 6.23. The van der Waals surface area contributed by atoms with Gasteiger partial charge in [-0.05, 0) is 30.5 Å². The van der Waals surface area contributed by atoms with Crippen molar-refractivity contribution >= 4 is 29.9 Å². The van der Waals surface area contributed by atoms with Gasteiger partial charge >= 0.3 is 0 Å². The zero-order chi connectivity index (χ0) is 16.2. The molecule has 0 saturated carbocycles. The van der Waals surface area contributed by atoms with Crippen molar-refractivity contribution in [2.75, 3.05) is 32.8 Å². The lowest BCUT2D eigenvalue weighted by Crippen LogP contribution is -2.42. The largest absolute Gasteiger partial charge is 0.372 e. The predicted octanol–water partition coefficient (Wildman–Crippen LogP) is 3.19. The van der Waals surface area contributed by atoms with Crippen LogP contribution in [-0.4, -0.2) is 43.6 Å². The fraction of sp³-hybridized carbons (Fsp3) is 0.588. The molecule has 2 aliphatic heterocycles. The summed E-state index contributed by atoms with van der Waals surface area (Å²) in [5.74, 6) is -0.126. The van der Waals surface area contributed by atoms with Crippen LogP contribution in [0.3, 0.4) is 0 Å². The first-order chi connectivity index (χ1) is 11.1. The third-order valence-corrected chi connectivity index (χ3v) is 4.87. The number of likely N-dealkylation sites (tertiary alicyclic amines) is 1. The Balaban J connectivity index is 0.00000208. The van der Waals surface area contributed by atoms with Crippen LogP contribution in [0, 0.1) is 11.7 Å². The number of rotatable bonds is 3. The maximum Gasteiger partial charge on any atom is 0.222 e. The first kappa shape index (κ1) is 19.4. The van der Waals surface area contributed by atoms with Crippen molar-refractivity contribution in [2.24, 2.45) is 5.92 Å². The number of nitrogens with one attached hydrogen (secondary N) is 1. The summed E-state index contributed by atoms with van der Waals surface area (Å²) >= 11 is 5.78. The molecule has 0 bridgehead atoms. The fourth-order valence-corrected chi connectivity index (χ4v) is 3.46. The highest BCUT2D eigenvalue weighted by molar-refractivity contribution is 6.30. The monoisotopic (exact) mass is 376 g/mol. The maximum atomic E-state index is 13.8. The Morgan fingerprint density at radius 3 is 2.96 bits per heavy atom. The molecule has 4 nitrogen and oxygen atoms in total. The van der Waals surface area contributed by atoms with Crippen LogP contribution in [0.25, 0.3) is 0 Å². The SMILES string of the molecule is Cl.O=C1CCCCN1C[C@@H]1CNCCO[C@H]1c1ccc(Cl)c(F)c1. The van der Waals surface area contributed by atoms with Gasteiger partial charge in [-0.3, -0.25) is 4.79 Å². The molecule has 2 heterocycles. The summed E-state index contributed by atoms with van der Waals surface area (Å²) in [6.07, 6.45) is 2.42. The Morgan fingerprint density at radius 2 is 2.21 bits per heavy atom. The molecule has 0 unspecified atom stereocenters. The molecule has 2 fully saturated rings.